The fraction of sp³-hybridized carbons (Fsp3) is 0.500. The van der Waals surface area contributed by atoms with Crippen LogP contribution in [0.15, 0.2) is 18.2 Å². The fourth-order valence-electron chi connectivity index (χ4n) is 2.38. The Hall–Kier alpha value is -1.67. The second-order valence-corrected chi connectivity index (χ2v) is 5.15. The van der Waals surface area contributed by atoms with E-state index in [0.717, 1.165) is 12.1 Å². The van der Waals surface area contributed by atoms with Crippen molar-refractivity contribution in [1.29, 1.82) is 0 Å². The molecule has 0 aliphatic carbocycles. The van der Waals surface area contributed by atoms with E-state index in [2.05, 4.69) is 0 Å². The van der Waals surface area contributed by atoms with Crippen LogP contribution in [0, 0.1) is 5.82 Å². The van der Waals surface area contributed by atoms with Crippen molar-refractivity contribution in [2.24, 2.45) is 0 Å². The zero-order valence-corrected chi connectivity index (χ0v) is 11.6. The number of halogens is 4. The number of nitrogens with zero attached hydrogens (tertiary/aromatic N) is 1. The van der Waals surface area contributed by atoms with Crippen LogP contribution in [0.4, 0.5) is 17.6 Å². The predicted octanol–water partition coefficient (Wildman–Crippen LogP) is 2.52. The molecule has 0 spiro atoms. The highest BCUT2D eigenvalue weighted by molar-refractivity contribution is 5.68. The zero-order chi connectivity index (χ0) is 16.3. The average Bonchev–Trinajstić information content (AvgIpc) is 2.85. The smallest absolute Gasteiger partial charge is 0.416 e. The third kappa shape index (κ3) is 4.41. The molecule has 1 aromatic carbocycles. The summed E-state index contributed by atoms with van der Waals surface area (Å²) < 4.78 is 56.7. The zero-order valence-electron chi connectivity index (χ0n) is 11.6. The maximum absolute atomic E-state index is 13.7. The molecule has 0 bridgehead atoms. The van der Waals surface area contributed by atoms with Gasteiger partial charge in [-0.1, -0.05) is 0 Å². The van der Waals surface area contributed by atoms with Gasteiger partial charge in [-0.3, -0.25) is 4.90 Å². The maximum atomic E-state index is 13.7. The highest BCUT2D eigenvalue weighted by atomic mass is 19.4. The van der Waals surface area contributed by atoms with Crippen molar-refractivity contribution in [3.63, 3.8) is 0 Å². The van der Waals surface area contributed by atoms with Gasteiger partial charge in [-0.2, -0.15) is 13.2 Å². The Morgan fingerprint density at radius 2 is 2.14 bits per heavy atom. The van der Waals surface area contributed by atoms with Crippen molar-refractivity contribution in [2.45, 2.75) is 25.2 Å². The molecular formula is C14H15F4NO3. The summed E-state index contributed by atoms with van der Waals surface area (Å²) in [6.07, 6.45) is -4.25. The Labute approximate surface area is 124 Å². The minimum absolute atomic E-state index is 0.0304. The molecule has 0 amide bonds. The molecule has 1 fully saturated rings. The Bertz CT molecular complexity index is 547. The normalized spacial score (nSPS) is 19.5. The number of carbonyl (C=O) groups is 1. The molecule has 122 valence electrons. The van der Waals surface area contributed by atoms with Crippen LogP contribution in [0.2, 0.25) is 0 Å². The Balaban J connectivity index is 1.98. The van der Waals surface area contributed by atoms with Gasteiger partial charge in [0.05, 0.1) is 11.7 Å². The topological polar surface area (TPSA) is 49.8 Å². The first kappa shape index (κ1) is 16.7. The van der Waals surface area contributed by atoms with Gasteiger partial charge in [-0.25, -0.2) is 9.18 Å². The number of aliphatic carboxylic acids is 1. The summed E-state index contributed by atoms with van der Waals surface area (Å²) in [7, 11) is 0. The van der Waals surface area contributed by atoms with E-state index in [1.165, 1.54) is 0 Å². The summed E-state index contributed by atoms with van der Waals surface area (Å²) in [6.45, 7) is 0.488. The van der Waals surface area contributed by atoms with E-state index >= 15 is 0 Å². The highest BCUT2D eigenvalue weighted by Crippen LogP contribution is 2.31. The van der Waals surface area contributed by atoms with Crippen molar-refractivity contribution in [2.75, 3.05) is 19.7 Å². The number of likely N-dealkylation sites (tertiary alicyclic amines) is 1. The number of benzene rings is 1. The van der Waals surface area contributed by atoms with E-state index in [9.17, 15) is 22.4 Å². The van der Waals surface area contributed by atoms with Gasteiger partial charge in [0.15, 0.2) is 0 Å². The summed E-state index contributed by atoms with van der Waals surface area (Å²) >= 11 is 0. The fourth-order valence-corrected chi connectivity index (χ4v) is 2.38. The van der Waals surface area contributed by atoms with Crippen molar-refractivity contribution >= 4 is 5.97 Å². The van der Waals surface area contributed by atoms with Gasteiger partial charge in [0.2, 0.25) is 0 Å². The molecule has 1 atom stereocenters. The standard InChI is InChI=1S/C14H15F4NO3/c15-12-2-1-10(14(16,17)18)5-9(12)6-19-4-3-11(7-19)22-8-13(20)21/h1-2,5,11H,3-4,6-8H2,(H,20,21). The minimum atomic E-state index is -4.51. The molecule has 1 N–H and O–H groups in total. The van der Waals surface area contributed by atoms with Gasteiger partial charge in [0.1, 0.15) is 12.4 Å². The third-order valence-corrected chi connectivity index (χ3v) is 3.44. The second kappa shape index (κ2) is 6.62. The maximum Gasteiger partial charge on any atom is 0.416 e. The molecule has 0 radical (unpaired) electrons. The minimum Gasteiger partial charge on any atom is -0.480 e. The van der Waals surface area contributed by atoms with E-state index in [0.29, 0.717) is 25.6 Å². The van der Waals surface area contributed by atoms with E-state index in [1.807, 2.05) is 0 Å². The lowest BCUT2D eigenvalue weighted by Crippen LogP contribution is -2.25. The predicted molar refractivity (Wildman–Crippen MR) is 68.7 cm³/mol. The van der Waals surface area contributed by atoms with Crippen molar-refractivity contribution in [3.05, 3.63) is 35.1 Å². The van der Waals surface area contributed by atoms with E-state index in [1.54, 1.807) is 4.90 Å². The Morgan fingerprint density at radius 1 is 1.41 bits per heavy atom. The molecule has 8 heteroatoms. The second-order valence-electron chi connectivity index (χ2n) is 5.15. The summed E-state index contributed by atoms with van der Waals surface area (Å²) in [5, 5.41) is 8.52. The van der Waals surface area contributed by atoms with Gasteiger partial charge in [-0.05, 0) is 24.6 Å². The van der Waals surface area contributed by atoms with Crippen LogP contribution >= 0.6 is 0 Å². The summed E-state index contributed by atoms with van der Waals surface area (Å²) in [4.78, 5) is 12.2. The Morgan fingerprint density at radius 3 is 2.77 bits per heavy atom. The first-order valence-electron chi connectivity index (χ1n) is 6.67. The van der Waals surface area contributed by atoms with E-state index in [4.69, 9.17) is 9.84 Å². The van der Waals surface area contributed by atoms with Crippen LogP contribution in [-0.4, -0.2) is 41.8 Å². The number of rotatable bonds is 5. The van der Waals surface area contributed by atoms with Crippen LogP contribution < -0.4 is 0 Å². The van der Waals surface area contributed by atoms with Crippen LogP contribution in [0.1, 0.15) is 17.5 Å². The molecule has 4 nitrogen and oxygen atoms in total. The molecule has 1 unspecified atom stereocenters. The van der Waals surface area contributed by atoms with Gasteiger partial charge >= 0.3 is 12.1 Å². The monoisotopic (exact) mass is 321 g/mol. The molecule has 2 rings (SSSR count). The molecule has 1 saturated heterocycles. The number of hydrogen-bond donors (Lipinski definition) is 1. The Kier molecular flexibility index (Phi) is 5.02. The third-order valence-electron chi connectivity index (χ3n) is 3.44. The van der Waals surface area contributed by atoms with Gasteiger partial charge in [0.25, 0.3) is 0 Å². The first-order valence-corrected chi connectivity index (χ1v) is 6.67. The van der Waals surface area contributed by atoms with Gasteiger partial charge in [-0.15, -0.1) is 0 Å². The summed E-state index contributed by atoms with van der Waals surface area (Å²) in [5.41, 5.74) is -0.921. The molecule has 1 aromatic rings. The van der Waals surface area contributed by atoms with Crippen molar-refractivity contribution in [3.8, 4) is 0 Å². The molecule has 0 aromatic heterocycles. The molecular weight excluding hydrogens is 306 g/mol. The van der Waals surface area contributed by atoms with Crippen LogP contribution in [-0.2, 0) is 22.3 Å². The number of carboxylic acid groups (broad SMARTS) is 1. The quantitative estimate of drug-likeness (QED) is 0.847. The number of carboxylic acids is 1. The van der Waals surface area contributed by atoms with Crippen molar-refractivity contribution < 1.29 is 32.2 Å². The van der Waals surface area contributed by atoms with Crippen LogP contribution in [0.3, 0.4) is 0 Å². The molecule has 1 aliphatic heterocycles. The number of alkyl halides is 3. The highest BCUT2D eigenvalue weighted by Gasteiger charge is 2.31. The number of hydrogen-bond acceptors (Lipinski definition) is 3. The van der Waals surface area contributed by atoms with Crippen LogP contribution in [0.25, 0.3) is 0 Å². The largest absolute Gasteiger partial charge is 0.480 e. The number of ether oxygens (including phenoxy) is 1. The van der Waals surface area contributed by atoms with Crippen molar-refractivity contribution in [1.82, 2.24) is 4.90 Å². The van der Waals surface area contributed by atoms with Gasteiger partial charge in [0, 0.05) is 25.2 Å². The lowest BCUT2D eigenvalue weighted by Gasteiger charge is -2.17. The van der Waals surface area contributed by atoms with Crippen LogP contribution in [0.5, 0.6) is 0 Å². The average molecular weight is 321 g/mol. The molecule has 1 heterocycles. The summed E-state index contributed by atoms with van der Waals surface area (Å²) in [6, 6.07) is 2.33. The lowest BCUT2D eigenvalue weighted by atomic mass is 10.1. The SMILES string of the molecule is O=C(O)COC1CCN(Cc2cc(C(F)(F)F)ccc2F)C1. The molecule has 0 saturated carbocycles. The van der Waals surface area contributed by atoms with Gasteiger partial charge < -0.3 is 9.84 Å². The molecule has 22 heavy (non-hydrogen) atoms. The molecule has 1 aliphatic rings. The van der Waals surface area contributed by atoms with E-state index in [-0.39, 0.29) is 18.2 Å². The van der Waals surface area contributed by atoms with E-state index < -0.39 is 30.1 Å². The first-order chi connectivity index (χ1) is 10.3. The summed E-state index contributed by atoms with van der Waals surface area (Å²) in [5.74, 6) is -1.77. The lowest BCUT2D eigenvalue weighted by molar-refractivity contribution is -0.144.